The van der Waals surface area contributed by atoms with E-state index in [-0.39, 0.29) is 19.2 Å². The molecule has 3 aromatic carbocycles. The van der Waals surface area contributed by atoms with Gasteiger partial charge in [-0.25, -0.2) is 0 Å². The Kier molecular flexibility index (Phi) is 4.59. The van der Waals surface area contributed by atoms with Crippen LogP contribution >= 0.6 is 0 Å². The molecular formula is C26H24O4. The minimum atomic E-state index is -0.397. The zero-order valence-electron chi connectivity index (χ0n) is 17.0. The molecule has 30 heavy (non-hydrogen) atoms. The second-order valence-electron chi connectivity index (χ2n) is 8.19. The first-order valence-electron chi connectivity index (χ1n) is 10.3. The van der Waals surface area contributed by atoms with Crippen molar-refractivity contribution in [1.29, 1.82) is 0 Å². The summed E-state index contributed by atoms with van der Waals surface area (Å²) in [6, 6.07) is 20.0. The van der Waals surface area contributed by atoms with E-state index in [2.05, 4.69) is 19.1 Å². The monoisotopic (exact) mass is 400 g/mol. The van der Waals surface area contributed by atoms with Crippen molar-refractivity contribution < 1.29 is 19.4 Å². The molecule has 1 aliphatic carbocycles. The number of aliphatic hydroxyl groups is 1. The predicted molar refractivity (Wildman–Crippen MR) is 115 cm³/mol. The molecule has 152 valence electrons. The second kappa shape index (κ2) is 7.29. The van der Waals surface area contributed by atoms with E-state index >= 15 is 0 Å². The fraction of sp³-hybridized carbons (Fsp3) is 0.269. The third-order valence-electron chi connectivity index (χ3n) is 6.45. The van der Waals surface area contributed by atoms with Crippen molar-refractivity contribution >= 4 is 5.78 Å². The molecule has 0 amide bonds. The van der Waals surface area contributed by atoms with Crippen LogP contribution in [0.25, 0.3) is 11.1 Å². The third-order valence-corrected chi connectivity index (χ3v) is 6.45. The molecule has 0 radical (unpaired) electrons. The van der Waals surface area contributed by atoms with Crippen LogP contribution in [0.5, 0.6) is 11.5 Å². The molecule has 0 aromatic heterocycles. The highest BCUT2D eigenvalue weighted by molar-refractivity contribution is 5.95. The average molecular weight is 400 g/mol. The number of carbonyl (C=O) groups excluding carboxylic acids is 1. The fourth-order valence-corrected chi connectivity index (χ4v) is 4.37. The number of carbonyl (C=O) groups is 1. The molecule has 0 saturated heterocycles. The second-order valence-corrected chi connectivity index (χ2v) is 8.19. The number of ketones is 1. The van der Waals surface area contributed by atoms with Crippen LogP contribution in [0.15, 0.2) is 60.7 Å². The molecule has 0 unspecified atom stereocenters. The number of aliphatic hydroxyl groups excluding tert-OH is 1. The molecule has 1 saturated carbocycles. The SMILES string of the molecule is Cc1c(CC(=O)C2(c3ccc4c(c3)OCO4)CC2)cccc1-c1ccc(CO)cc1. The first-order chi connectivity index (χ1) is 14.6. The van der Waals surface area contributed by atoms with Crippen molar-refractivity contribution in [3.8, 4) is 22.6 Å². The Hall–Kier alpha value is -3.11. The molecule has 3 aromatic rings. The Bertz CT molecular complexity index is 1110. The van der Waals surface area contributed by atoms with E-state index in [9.17, 15) is 9.90 Å². The lowest BCUT2D eigenvalue weighted by Crippen LogP contribution is -2.23. The van der Waals surface area contributed by atoms with Crippen molar-refractivity contribution in [1.82, 2.24) is 0 Å². The maximum absolute atomic E-state index is 13.4. The highest BCUT2D eigenvalue weighted by atomic mass is 16.7. The normalized spacial score (nSPS) is 15.8. The fourth-order valence-electron chi connectivity index (χ4n) is 4.37. The summed E-state index contributed by atoms with van der Waals surface area (Å²) in [6.07, 6.45) is 2.18. The Morgan fingerprint density at radius 2 is 1.77 bits per heavy atom. The summed E-state index contributed by atoms with van der Waals surface area (Å²) in [4.78, 5) is 13.4. The van der Waals surface area contributed by atoms with Gasteiger partial charge in [0, 0.05) is 6.42 Å². The average Bonchev–Trinajstić information content (AvgIpc) is 3.46. The topological polar surface area (TPSA) is 55.8 Å². The van der Waals surface area contributed by atoms with Gasteiger partial charge in [-0.2, -0.15) is 0 Å². The maximum Gasteiger partial charge on any atom is 0.231 e. The highest BCUT2D eigenvalue weighted by Crippen LogP contribution is 2.51. The van der Waals surface area contributed by atoms with Gasteiger partial charge < -0.3 is 14.6 Å². The van der Waals surface area contributed by atoms with Gasteiger partial charge in [-0.15, -0.1) is 0 Å². The van der Waals surface area contributed by atoms with Crippen molar-refractivity contribution in [2.24, 2.45) is 0 Å². The van der Waals surface area contributed by atoms with Crippen molar-refractivity contribution in [3.05, 3.63) is 82.9 Å². The molecular weight excluding hydrogens is 376 g/mol. The van der Waals surface area contributed by atoms with Gasteiger partial charge in [0.25, 0.3) is 0 Å². The Balaban J connectivity index is 1.41. The molecule has 0 bridgehead atoms. The maximum atomic E-state index is 13.4. The van der Waals surface area contributed by atoms with Crippen LogP contribution in [0.3, 0.4) is 0 Å². The quantitative estimate of drug-likeness (QED) is 0.650. The number of Topliss-reactive ketones (excluding diaryl/α,β-unsaturated/α-hetero) is 1. The van der Waals surface area contributed by atoms with Crippen LogP contribution in [0.4, 0.5) is 0 Å². The first-order valence-corrected chi connectivity index (χ1v) is 10.3. The molecule has 2 aliphatic rings. The molecule has 1 N–H and O–H groups in total. The summed E-state index contributed by atoms with van der Waals surface area (Å²) >= 11 is 0. The van der Waals surface area contributed by atoms with E-state index in [1.165, 1.54) is 0 Å². The molecule has 5 rings (SSSR count). The summed E-state index contributed by atoms with van der Waals surface area (Å²) in [5.41, 5.74) is 5.94. The largest absolute Gasteiger partial charge is 0.454 e. The van der Waals surface area contributed by atoms with E-state index in [1.54, 1.807) is 0 Å². The Morgan fingerprint density at radius 1 is 1.00 bits per heavy atom. The number of benzene rings is 3. The predicted octanol–water partition coefficient (Wildman–Crippen LogP) is 4.73. The smallest absolute Gasteiger partial charge is 0.231 e. The number of fused-ring (bicyclic) bond motifs is 1. The van der Waals surface area contributed by atoms with E-state index < -0.39 is 5.41 Å². The van der Waals surface area contributed by atoms with E-state index in [0.717, 1.165) is 57.7 Å². The molecule has 4 nitrogen and oxygen atoms in total. The van der Waals surface area contributed by atoms with Crippen LogP contribution in [0.2, 0.25) is 0 Å². The number of ether oxygens (including phenoxy) is 2. The van der Waals surface area contributed by atoms with E-state index in [0.29, 0.717) is 6.42 Å². The summed E-state index contributed by atoms with van der Waals surface area (Å²) in [6.45, 7) is 2.36. The van der Waals surface area contributed by atoms with Gasteiger partial charge >= 0.3 is 0 Å². The van der Waals surface area contributed by atoms with E-state index in [4.69, 9.17) is 9.47 Å². The van der Waals surface area contributed by atoms with Crippen LogP contribution in [0, 0.1) is 6.92 Å². The van der Waals surface area contributed by atoms with Gasteiger partial charge in [0.2, 0.25) is 6.79 Å². The summed E-state index contributed by atoms with van der Waals surface area (Å²) in [5, 5.41) is 9.27. The first kappa shape index (κ1) is 18.9. The summed E-state index contributed by atoms with van der Waals surface area (Å²) < 4.78 is 10.9. The van der Waals surface area contributed by atoms with Gasteiger partial charge in [0.15, 0.2) is 11.5 Å². The molecule has 1 heterocycles. The van der Waals surface area contributed by atoms with Crippen LogP contribution in [0.1, 0.15) is 35.1 Å². The van der Waals surface area contributed by atoms with Crippen molar-refractivity contribution in [2.75, 3.05) is 6.79 Å². The summed E-state index contributed by atoms with van der Waals surface area (Å²) in [5.74, 6) is 1.74. The number of hydrogen-bond acceptors (Lipinski definition) is 4. The van der Waals surface area contributed by atoms with Gasteiger partial charge in [-0.05, 0) is 65.3 Å². The van der Waals surface area contributed by atoms with Gasteiger partial charge in [-0.3, -0.25) is 4.79 Å². The lowest BCUT2D eigenvalue weighted by atomic mass is 9.85. The van der Waals surface area contributed by atoms with E-state index in [1.807, 2.05) is 48.5 Å². The minimum Gasteiger partial charge on any atom is -0.454 e. The van der Waals surface area contributed by atoms with Crippen LogP contribution in [-0.4, -0.2) is 17.7 Å². The Labute approximate surface area is 176 Å². The third kappa shape index (κ3) is 3.17. The zero-order chi connectivity index (χ0) is 20.7. The minimum absolute atomic E-state index is 0.0374. The number of rotatable bonds is 6. The molecule has 1 fully saturated rings. The molecule has 0 spiro atoms. The summed E-state index contributed by atoms with van der Waals surface area (Å²) in [7, 11) is 0. The van der Waals surface area contributed by atoms with Gasteiger partial charge in [-0.1, -0.05) is 48.5 Å². The zero-order valence-corrected chi connectivity index (χ0v) is 17.0. The Morgan fingerprint density at radius 3 is 2.50 bits per heavy atom. The van der Waals surface area contributed by atoms with Crippen LogP contribution in [-0.2, 0) is 23.2 Å². The van der Waals surface area contributed by atoms with Crippen molar-refractivity contribution in [3.63, 3.8) is 0 Å². The molecule has 4 heteroatoms. The standard InChI is InChI=1S/C26H24O4/c1-17-20(3-2-4-22(17)19-7-5-18(15-27)6-8-19)13-25(28)26(11-12-26)21-9-10-23-24(14-21)30-16-29-23/h2-10,14,27H,11-13,15-16H2,1H3. The van der Waals surface area contributed by atoms with Gasteiger partial charge in [0.1, 0.15) is 5.78 Å². The lowest BCUT2D eigenvalue weighted by molar-refractivity contribution is -0.120. The van der Waals surface area contributed by atoms with Crippen LogP contribution < -0.4 is 9.47 Å². The van der Waals surface area contributed by atoms with Crippen molar-refractivity contribution in [2.45, 2.75) is 38.2 Å². The molecule has 0 atom stereocenters. The van der Waals surface area contributed by atoms with Gasteiger partial charge in [0.05, 0.1) is 12.0 Å². The lowest BCUT2D eigenvalue weighted by Gasteiger charge is -2.17. The number of hydrogen-bond donors (Lipinski definition) is 1. The molecule has 1 aliphatic heterocycles. The highest BCUT2D eigenvalue weighted by Gasteiger charge is 2.50.